The molecule has 3 aromatic rings. The molecule has 5 heteroatoms. The summed E-state index contributed by atoms with van der Waals surface area (Å²) in [7, 11) is 0. The van der Waals surface area contributed by atoms with Crippen LogP contribution in [0.2, 0.25) is 5.02 Å². The molecule has 0 radical (unpaired) electrons. The number of Topliss-reactive ketones (excluding diaryl/α,β-unsaturated/α-hetero) is 1. The largest absolute Gasteiger partial charge is 0.294 e. The predicted molar refractivity (Wildman–Crippen MR) is 103 cm³/mol. The number of nitrogens with zero attached hydrogens (tertiary/aromatic N) is 2. The van der Waals surface area contributed by atoms with Gasteiger partial charge in [0.25, 0.3) is 0 Å². The minimum Gasteiger partial charge on any atom is -0.294 e. The van der Waals surface area contributed by atoms with Crippen LogP contribution in [0.25, 0.3) is 11.4 Å². The number of benzene rings is 2. The minimum atomic E-state index is -0.0289. The highest BCUT2D eigenvalue weighted by atomic mass is 35.5. The molecule has 0 N–H and O–H groups in total. The Kier molecular flexibility index (Phi) is 5.51. The Hall–Kier alpha value is -2.17. The molecule has 0 saturated carbocycles. The van der Waals surface area contributed by atoms with Crippen molar-refractivity contribution in [2.24, 2.45) is 0 Å². The number of thioether (sulfide) groups is 1. The van der Waals surface area contributed by atoms with Crippen LogP contribution in [-0.2, 0) is 5.75 Å². The lowest BCUT2D eigenvalue weighted by molar-refractivity contribution is 0.101. The van der Waals surface area contributed by atoms with Crippen molar-refractivity contribution < 1.29 is 4.79 Å². The van der Waals surface area contributed by atoms with Crippen LogP contribution in [0.15, 0.2) is 59.6 Å². The van der Waals surface area contributed by atoms with Gasteiger partial charge in [0.1, 0.15) is 5.03 Å². The Bertz CT molecular complexity index is 913. The number of carbonyl (C=O) groups excluding carboxylic acids is 1. The smallest absolute Gasteiger partial charge is 0.164 e. The van der Waals surface area contributed by atoms with Gasteiger partial charge in [-0.1, -0.05) is 54.1 Å². The van der Waals surface area contributed by atoms with E-state index in [1.165, 1.54) is 5.56 Å². The van der Waals surface area contributed by atoms with Crippen molar-refractivity contribution in [3.05, 3.63) is 76.4 Å². The predicted octanol–water partition coefficient (Wildman–Crippen LogP) is 5.60. The molecule has 0 amide bonds. The fourth-order valence-corrected chi connectivity index (χ4v) is 3.85. The fraction of sp³-hybridized carbons (Fsp3) is 0.150. The Morgan fingerprint density at radius 1 is 1.04 bits per heavy atom. The van der Waals surface area contributed by atoms with Gasteiger partial charge in [-0.3, -0.25) is 4.79 Å². The second-order valence-corrected chi connectivity index (χ2v) is 6.99. The maximum absolute atomic E-state index is 12.1. The normalized spacial score (nSPS) is 10.7. The zero-order chi connectivity index (χ0) is 17.8. The first-order chi connectivity index (χ1) is 12.1. The summed E-state index contributed by atoms with van der Waals surface area (Å²) in [6.07, 6.45) is 0. The van der Waals surface area contributed by atoms with E-state index in [4.69, 9.17) is 11.6 Å². The summed E-state index contributed by atoms with van der Waals surface area (Å²) in [6.45, 7) is 3.39. The number of rotatable bonds is 5. The van der Waals surface area contributed by atoms with E-state index < -0.39 is 0 Å². The third-order valence-corrected chi connectivity index (χ3v) is 5.12. The molecule has 3 nitrogen and oxygen atoms in total. The molecular formula is C20H17ClN2OS. The number of ketones is 1. The molecular weight excluding hydrogens is 352 g/mol. The molecule has 0 fully saturated rings. The molecule has 1 heterocycles. The van der Waals surface area contributed by atoms with Crippen molar-refractivity contribution in [3.63, 3.8) is 0 Å². The number of hydrogen-bond acceptors (Lipinski definition) is 4. The minimum absolute atomic E-state index is 0.0289. The molecule has 0 saturated heterocycles. The third-order valence-electron chi connectivity index (χ3n) is 3.74. The van der Waals surface area contributed by atoms with E-state index in [1.807, 2.05) is 49.4 Å². The van der Waals surface area contributed by atoms with Crippen LogP contribution in [0, 0.1) is 6.92 Å². The van der Waals surface area contributed by atoms with Crippen molar-refractivity contribution >= 4 is 29.1 Å². The number of carbonyl (C=O) groups is 1. The topological polar surface area (TPSA) is 42.9 Å². The molecule has 0 spiro atoms. The first kappa shape index (κ1) is 17.6. The van der Waals surface area contributed by atoms with E-state index in [0.29, 0.717) is 27.1 Å². The Labute approximate surface area is 156 Å². The molecule has 0 aliphatic carbocycles. The standard InChI is InChI=1S/C20H17ClN2OS/c1-13-18(14(2)24)20(25-12-15-8-4-3-5-9-15)23-19(22-13)16-10-6-7-11-17(16)21/h3-11H,12H2,1-2H3. The maximum atomic E-state index is 12.1. The SMILES string of the molecule is CC(=O)c1c(C)nc(-c2ccccc2Cl)nc1SCc1ccccc1. The van der Waals surface area contributed by atoms with Crippen LogP contribution >= 0.6 is 23.4 Å². The summed E-state index contributed by atoms with van der Waals surface area (Å²) >= 11 is 7.83. The number of aromatic nitrogens is 2. The van der Waals surface area contributed by atoms with Crippen LogP contribution < -0.4 is 0 Å². The maximum Gasteiger partial charge on any atom is 0.164 e. The van der Waals surface area contributed by atoms with Crippen LogP contribution in [0.1, 0.15) is 28.5 Å². The molecule has 0 unspecified atom stereocenters. The van der Waals surface area contributed by atoms with Crippen LogP contribution in [0.5, 0.6) is 0 Å². The molecule has 3 rings (SSSR count). The highest BCUT2D eigenvalue weighted by Crippen LogP contribution is 2.31. The average molecular weight is 369 g/mol. The van der Waals surface area contributed by atoms with E-state index in [-0.39, 0.29) is 5.78 Å². The monoisotopic (exact) mass is 368 g/mol. The lowest BCUT2D eigenvalue weighted by Crippen LogP contribution is -2.06. The summed E-state index contributed by atoms with van der Waals surface area (Å²) in [5.74, 6) is 1.25. The van der Waals surface area contributed by atoms with E-state index in [2.05, 4.69) is 22.1 Å². The van der Waals surface area contributed by atoms with Gasteiger partial charge in [-0.05, 0) is 31.5 Å². The average Bonchev–Trinajstić information content (AvgIpc) is 2.60. The highest BCUT2D eigenvalue weighted by molar-refractivity contribution is 7.98. The van der Waals surface area contributed by atoms with E-state index in [0.717, 1.165) is 11.3 Å². The van der Waals surface area contributed by atoms with Crippen molar-refractivity contribution in [1.29, 1.82) is 0 Å². The number of hydrogen-bond donors (Lipinski definition) is 0. The number of aryl methyl sites for hydroxylation is 1. The zero-order valence-corrected chi connectivity index (χ0v) is 15.6. The van der Waals surface area contributed by atoms with Gasteiger partial charge in [-0.25, -0.2) is 9.97 Å². The summed E-state index contributed by atoms with van der Waals surface area (Å²) in [6, 6.07) is 17.6. The van der Waals surface area contributed by atoms with E-state index >= 15 is 0 Å². The first-order valence-corrected chi connectivity index (χ1v) is 9.24. The van der Waals surface area contributed by atoms with Gasteiger partial charge in [0, 0.05) is 11.3 Å². The molecule has 0 aliphatic heterocycles. The molecule has 0 atom stereocenters. The molecule has 0 aliphatic rings. The first-order valence-electron chi connectivity index (χ1n) is 7.87. The van der Waals surface area contributed by atoms with Gasteiger partial charge in [0.15, 0.2) is 11.6 Å². The summed E-state index contributed by atoms with van der Waals surface area (Å²) in [5.41, 5.74) is 3.20. The quantitative estimate of drug-likeness (QED) is 0.334. The Balaban J connectivity index is 2.02. The van der Waals surface area contributed by atoms with Gasteiger partial charge in [0.2, 0.25) is 0 Å². The van der Waals surface area contributed by atoms with Crippen LogP contribution in [0.4, 0.5) is 0 Å². The van der Waals surface area contributed by atoms with Crippen molar-refractivity contribution in [2.45, 2.75) is 24.6 Å². The van der Waals surface area contributed by atoms with Crippen LogP contribution in [0.3, 0.4) is 0 Å². The van der Waals surface area contributed by atoms with Crippen molar-refractivity contribution in [2.75, 3.05) is 0 Å². The van der Waals surface area contributed by atoms with Gasteiger partial charge in [-0.2, -0.15) is 0 Å². The fourth-order valence-electron chi connectivity index (χ4n) is 2.55. The van der Waals surface area contributed by atoms with E-state index in [1.54, 1.807) is 18.7 Å². The second-order valence-electron chi connectivity index (χ2n) is 5.62. The zero-order valence-electron chi connectivity index (χ0n) is 14.0. The van der Waals surface area contributed by atoms with E-state index in [9.17, 15) is 4.79 Å². The van der Waals surface area contributed by atoms with Crippen LogP contribution in [-0.4, -0.2) is 15.8 Å². The highest BCUT2D eigenvalue weighted by Gasteiger charge is 2.18. The third kappa shape index (κ3) is 4.09. The second kappa shape index (κ2) is 7.81. The Morgan fingerprint density at radius 2 is 1.72 bits per heavy atom. The lowest BCUT2D eigenvalue weighted by Gasteiger charge is -2.12. The molecule has 25 heavy (non-hydrogen) atoms. The van der Waals surface area contributed by atoms with Gasteiger partial charge in [-0.15, -0.1) is 11.8 Å². The summed E-state index contributed by atoms with van der Waals surface area (Å²) < 4.78 is 0. The molecule has 2 aromatic carbocycles. The summed E-state index contributed by atoms with van der Waals surface area (Å²) in [4.78, 5) is 21.3. The lowest BCUT2D eigenvalue weighted by atomic mass is 10.1. The summed E-state index contributed by atoms with van der Waals surface area (Å²) in [5, 5.41) is 1.29. The molecule has 1 aromatic heterocycles. The van der Waals surface area contributed by atoms with Gasteiger partial charge in [0.05, 0.1) is 16.3 Å². The molecule has 126 valence electrons. The van der Waals surface area contributed by atoms with Gasteiger partial charge < -0.3 is 0 Å². The Morgan fingerprint density at radius 3 is 2.40 bits per heavy atom. The number of halogens is 1. The van der Waals surface area contributed by atoms with Crippen molar-refractivity contribution in [3.8, 4) is 11.4 Å². The molecule has 0 bridgehead atoms. The van der Waals surface area contributed by atoms with Gasteiger partial charge >= 0.3 is 0 Å². The van der Waals surface area contributed by atoms with Crippen molar-refractivity contribution in [1.82, 2.24) is 9.97 Å².